The van der Waals surface area contributed by atoms with E-state index in [0.29, 0.717) is 24.5 Å². The predicted molar refractivity (Wildman–Crippen MR) is 78.3 cm³/mol. The molecular weight excluding hydrogens is 270 g/mol. The lowest BCUT2D eigenvalue weighted by Crippen LogP contribution is -2.16. The van der Waals surface area contributed by atoms with Crippen LogP contribution in [0.4, 0.5) is 0 Å². The summed E-state index contributed by atoms with van der Waals surface area (Å²) in [5.41, 5.74) is 0.432. The van der Waals surface area contributed by atoms with Gasteiger partial charge in [-0.25, -0.2) is 4.79 Å². The van der Waals surface area contributed by atoms with Gasteiger partial charge in [0.25, 0.3) is 0 Å². The molecule has 5 nitrogen and oxygen atoms in total. The van der Waals surface area contributed by atoms with Gasteiger partial charge in [-0.3, -0.25) is 0 Å². The predicted octanol–water partition coefficient (Wildman–Crippen LogP) is 2.62. The number of esters is 1. The summed E-state index contributed by atoms with van der Waals surface area (Å²) in [5.74, 6) is 1.20. The largest absolute Gasteiger partial charge is 0.494 e. The Labute approximate surface area is 123 Å². The molecule has 0 saturated heterocycles. The Morgan fingerprint density at radius 1 is 1.29 bits per heavy atom. The monoisotopic (exact) mass is 289 g/mol. The van der Waals surface area contributed by atoms with Crippen LogP contribution in [-0.2, 0) is 11.3 Å². The molecule has 0 bridgehead atoms. The standard InChI is InChI=1S/C16H19NO4/c1-19-16(18)13-10-15(21-12-13)11-17-8-5-9-20-14-6-3-2-4-7-14/h2-4,6-7,10,12,17H,5,8-9,11H2,1H3. The van der Waals surface area contributed by atoms with E-state index in [1.165, 1.54) is 13.4 Å². The minimum Gasteiger partial charge on any atom is -0.494 e. The van der Waals surface area contributed by atoms with E-state index in [0.717, 1.165) is 18.7 Å². The quantitative estimate of drug-likeness (QED) is 0.598. The highest BCUT2D eigenvalue weighted by Gasteiger charge is 2.09. The van der Waals surface area contributed by atoms with Gasteiger partial charge in [0.2, 0.25) is 0 Å². The maximum absolute atomic E-state index is 11.3. The number of nitrogens with one attached hydrogen (secondary N) is 1. The van der Waals surface area contributed by atoms with Gasteiger partial charge >= 0.3 is 5.97 Å². The summed E-state index contributed by atoms with van der Waals surface area (Å²) in [5, 5.41) is 3.23. The lowest BCUT2D eigenvalue weighted by Gasteiger charge is -2.06. The SMILES string of the molecule is COC(=O)c1coc(CNCCCOc2ccccc2)c1. The molecule has 1 aromatic heterocycles. The van der Waals surface area contributed by atoms with Crippen molar-refractivity contribution in [2.24, 2.45) is 0 Å². The maximum Gasteiger partial charge on any atom is 0.341 e. The summed E-state index contributed by atoms with van der Waals surface area (Å²) >= 11 is 0. The zero-order valence-electron chi connectivity index (χ0n) is 12.0. The minimum absolute atomic E-state index is 0.388. The molecule has 1 aromatic carbocycles. The van der Waals surface area contributed by atoms with Gasteiger partial charge in [-0.05, 0) is 31.2 Å². The number of rotatable bonds is 8. The Hall–Kier alpha value is -2.27. The smallest absolute Gasteiger partial charge is 0.341 e. The van der Waals surface area contributed by atoms with E-state index in [9.17, 15) is 4.79 Å². The van der Waals surface area contributed by atoms with Gasteiger partial charge in [0.05, 0.1) is 25.8 Å². The zero-order chi connectivity index (χ0) is 14.9. The molecular formula is C16H19NO4. The van der Waals surface area contributed by atoms with Crippen molar-refractivity contribution in [2.45, 2.75) is 13.0 Å². The van der Waals surface area contributed by atoms with Crippen LogP contribution >= 0.6 is 0 Å². The molecule has 112 valence electrons. The molecule has 0 amide bonds. The minimum atomic E-state index is -0.388. The second-order valence-corrected chi connectivity index (χ2v) is 4.49. The second kappa shape index (κ2) is 8.11. The number of para-hydroxylation sites is 1. The molecule has 2 rings (SSSR count). The lowest BCUT2D eigenvalue weighted by atomic mass is 10.3. The molecule has 0 radical (unpaired) electrons. The molecule has 1 N–H and O–H groups in total. The molecule has 0 fully saturated rings. The first kappa shape index (κ1) is 15.1. The van der Waals surface area contributed by atoms with Crippen LogP contribution in [0.25, 0.3) is 0 Å². The van der Waals surface area contributed by atoms with Crippen LogP contribution in [0.3, 0.4) is 0 Å². The molecule has 21 heavy (non-hydrogen) atoms. The molecule has 0 aliphatic rings. The van der Waals surface area contributed by atoms with Gasteiger partial charge in [-0.2, -0.15) is 0 Å². The molecule has 0 atom stereocenters. The summed E-state index contributed by atoms with van der Waals surface area (Å²) in [4.78, 5) is 11.3. The van der Waals surface area contributed by atoms with Crippen molar-refractivity contribution in [1.29, 1.82) is 0 Å². The average molecular weight is 289 g/mol. The van der Waals surface area contributed by atoms with Gasteiger partial charge in [0, 0.05) is 0 Å². The van der Waals surface area contributed by atoms with E-state index in [2.05, 4.69) is 10.1 Å². The van der Waals surface area contributed by atoms with Crippen molar-refractivity contribution in [3.63, 3.8) is 0 Å². The number of ether oxygens (including phenoxy) is 2. The third kappa shape index (κ3) is 4.96. The third-order valence-corrected chi connectivity index (χ3v) is 2.88. The number of carbonyl (C=O) groups excluding carboxylic acids is 1. The normalized spacial score (nSPS) is 10.3. The maximum atomic E-state index is 11.3. The van der Waals surface area contributed by atoms with Crippen molar-refractivity contribution in [3.8, 4) is 5.75 Å². The van der Waals surface area contributed by atoms with Crippen LogP contribution in [0.2, 0.25) is 0 Å². The number of benzene rings is 1. The highest BCUT2D eigenvalue weighted by molar-refractivity contribution is 5.88. The Morgan fingerprint density at radius 2 is 2.10 bits per heavy atom. The molecule has 0 aliphatic heterocycles. The Balaban J connectivity index is 1.59. The lowest BCUT2D eigenvalue weighted by molar-refractivity contribution is 0.0600. The number of carbonyl (C=O) groups is 1. The Bertz CT molecular complexity index is 550. The summed E-state index contributed by atoms with van der Waals surface area (Å²) in [6.45, 7) is 2.03. The van der Waals surface area contributed by atoms with Crippen molar-refractivity contribution in [2.75, 3.05) is 20.3 Å². The van der Waals surface area contributed by atoms with Crippen molar-refractivity contribution in [3.05, 3.63) is 54.0 Å². The van der Waals surface area contributed by atoms with Crippen molar-refractivity contribution >= 4 is 5.97 Å². The van der Waals surface area contributed by atoms with Crippen molar-refractivity contribution < 1.29 is 18.7 Å². The van der Waals surface area contributed by atoms with Crippen LogP contribution < -0.4 is 10.1 Å². The number of hydrogen-bond donors (Lipinski definition) is 1. The van der Waals surface area contributed by atoms with E-state index in [1.807, 2.05) is 30.3 Å². The van der Waals surface area contributed by atoms with Gasteiger partial charge < -0.3 is 19.2 Å². The topological polar surface area (TPSA) is 60.7 Å². The molecule has 0 aliphatic carbocycles. The zero-order valence-corrected chi connectivity index (χ0v) is 12.0. The van der Waals surface area contributed by atoms with Crippen LogP contribution in [0.15, 0.2) is 47.1 Å². The molecule has 0 unspecified atom stereocenters. The Kier molecular flexibility index (Phi) is 5.84. The van der Waals surface area contributed by atoms with Gasteiger partial charge in [-0.15, -0.1) is 0 Å². The first-order valence-electron chi connectivity index (χ1n) is 6.84. The second-order valence-electron chi connectivity index (χ2n) is 4.49. The summed E-state index contributed by atoms with van der Waals surface area (Å²) in [6.07, 6.45) is 2.29. The first-order chi connectivity index (χ1) is 10.3. The van der Waals surface area contributed by atoms with E-state index in [-0.39, 0.29) is 5.97 Å². The van der Waals surface area contributed by atoms with Gasteiger partial charge in [0.1, 0.15) is 17.8 Å². The number of hydrogen-bond acceptors (Lipinski definition) is 5. The summed E-state index contributed by atoms with van der Waals surface area (Å²) in [7, 11) is 1.35. The van der Waals surface area contributed by atoms with E-state index >= 15 is 0 Å². The molecule has 0 spiro atoms. The summed E-state index contributed by atoms with van der Waals surface area (Å²) in [6, 6.07) is 11.4. The van der Waals surface area contributed by atoms with Crippen LogP contribution in [0.5, 0.6) is 5.75 Å². The fourth-order valence-electron chi connectivity index (χ4n) is 1.81. The number of furan rings is 1. The average Bonchev–Trinajstić information content (AvgIpc) is 3.00. The van der Waals surface area contributed by atoms with Crippen LogP contribution in [0, 0.1) is 0 Å². The Morgan fingerprint density at radius 3 is 2.86 bits per heavy atom. The number of methoxy groups -OCH3 is 1. The van der Waals surface area contributed by atoms with Crippen LogP contribution in [-0.4, -0.2) is 26.2 Å². The van der Waals surface area contributed by atoms with Crippen molar-refractivity contribution in [1.82, 2.24) is 5.32 Å². The molecule has 0 saturated carbocycles. The molecule has 2 aromatic rings. The highest BCUT2D eigenvalue weighted by atomic mass is 16.5. The first-order valence-corrected chi connectivity index (χ1v) is 6.84. The third-order valence-electron chi connectivity index (χ3n) is 2.88. The molecule has 1 heterocycles. The van der Waals surface area contributed by atoms with E-state index in [4.69, 9.17) is 9.15 Å². The fraction of sp³-hybridized carbons (Fsp3) is 0.312. The highest BCUT2D eigenvalue weighted by Crippen LogP contribution is 2.09. The van der Waals surface area contributed by atoms with Crippen LogP contribution in [0.1, 0.15) is 22.5 Å². The van der Waals surface area contributed by atoms with Gasteiger partial charge in [-0.1, -0.05) is 18.2 Å². The van der Waals surface area contributed by atoms with E-state index in [1.54, 1.807) is 6.07 Å². The van der Waals surface area contributed by atoms with E-state index < -0.39 is 0 Å². The fourth-order valence-corrected chi connectivity index (χ4v) is 1.81. The van der Waals surface area contributed by atoms with Gasteiger partial charge in [0.15, 0.2) is 0 Å². The summed E-state index contributed by atoms with van der Waals surface area (Å²) < 4.78 is 15.5. The molecule has 5 heteroatoms.